The van der Waals surface area contributed by atoms with Crippen LogP contribution < -0.4 is 0 Å². The smallest absolute Gasteiger partial charge is 0.0132 e. The molecule has 1 atom stereocenters. The van der Waals surface area contributed by atoms with Gasteiger partial charge in [0.25, 0.3) is 0 Å². The molecule has 0 amide bonds. The van der Waals surface area contributed by atoms with Gasteiger partial charge in [-0.15, -0.1) is 0 Å². The van der Waals surface area contributed by atoms with Crippen LogP contribution in [-0.2, 0) is 5.41 Å². The predicted octanol–water partition coefficient (Wildman–Crippen LogP) is 6.55. The fraction of sp³-hybridized carbons (Fsp3) is 0.684. The van der Waals surface area contributed by atoms with Gasteiger partial charge in [0.15, 0.2) is 0 Å². The number of rotatable bonds is 4. The zero-order valence-corrected chi connectivity index (χ0v) is 14.4. The summed E-state index contributed by atoms with van der Waals surface area (Å²) in [4.78, 5) is 0. The van der Waals surface area contributed by atoms with Crippen LogP contribution in [0.4, 0.5) is 0 Å². The molecule has 0 saturated heterocycles. The van der Waals surface area contributed by atoms with Gasteiger partial charge in [-0.05, 0) is 41.2 Å². The molecular weight excluding hydrogens is 228 g/mol. The van der Waals surface area contributed by atoms with E-state index in [1.165, 1.54) is 24.0 Å². The first-order valence-electron chi connectivity index (χ1n) is 7.95. The van der Waals surface area contributed by atoms with E-state index in [4.69, 9.17) is 0 Å². The summed E-state index contributed by atoms with van der Waals surface area (Å²) in [6, 6.07) is 9.27. The van der Waals surface area contributed by atoms with Crippen molar-refractivity contribution in [3.8, 4) is 0 Å². The van der Waals surface area contributed by atoms with Crippen LogP contribution in [0.15, 0.2) is 24.3 Å². The minimum Gasteiger partial charge on any atom is -0.0683 e. The minimum atomic E-state index is 0.262. The van der Waals surface area contributed by atoms with Crippen molar-refractivity contribution in [2.45, 2.75) is 79.6 Å². The van der Waals surface area contributed by atoms with Gasteiger partial charge < -0.3 is 0 Å². The lowest BCUT2D eigenvalue weighted by molar-refractivity contribution is 0.489. The predicted molar refractivity (Wildman–Crippen MR) is 89.0 cm³/mol. The van der Waals surface area contributed by atoms with Crippen molar-refractivity contribution in [2.24, 2.45) is 5.92 Å². The highest BCUT2D eigenvalue weighted by Crippen LogP contribution is 2.29. The van der Waals surface area contributed by atoms with E-state index >= 15 is 0 Å². The van der Waals surface area contributed by atoms with E-state index in [2.05, 4.69) is 65.8 Å². The quantitative estimate of drug-likeness (QED) is 0.577. The van der Waals surface area contributed by atoms with Crippen LogP contribution in [0.5, 0.6) is 0 Å². The SMILES string of the molecule is CC.CCC(CC(C)C)c1ccc(C(C)(C)C)cc1. The van der Waals surface area contributed by atoms with E-state index in [1.807, 2.05) is 13.8 Å². The summed E-state index contributed by atoms with van der Waals surface area (Å²) in [6.45, 7) is 17.7. The molecule has 1 rings (SSSR count). The van der Waals surface area contributed by atoms with Crippen molar-refractivity contribution in [2.75, 3.05) is 0 Å². The van der Waals surface area contributed by atoms with Crippen LogP contribution in [-0.4, -0.2) is 0 Å². The second-order valence-corrected chi connectivity index (χ2v) is 6.61. The summed E-state index contributed by atoms with van der Waals surface area (Å²) in [5.74, 6) is 1.51. The first-order valence-corrected chi connectivity index (χ1v) is 7.95. The van der Waals surface area contributed by atoms with Gasteiger partial charge in [0.2, 0.25) is 0 Å². The van der Waals surface area contributed by atoms with Gasteiger partial charge in [0.05, 0.1) is 0 Å². The summed E-state index contributed by atoms with van der Waals surface area (Å²) in [5.41, 5.74) is 3.20. The Hall–Kier alpha value is -0.780. The van der Waals surface area contributed by atoms with Crippen molar-refractivity contribution in [1.82, 2.24) is 0 Å². The van der Waals surface area contributed by atoms with Crippen LogP contribution in [0.3, 0.4) is 0 Å². The Kier molecular flexibility index (Phi) is 8.06. The Bertz CT molecular complexity index is 324. The number of benzene rings is 1. The van der Waals surface area contributed by atoms with E-state index in [0.717, 1.165) is 11.8 Å². The molecule has 1 unspecified atom stereocenters. The van der Waals surface area contributed by atoms with Gasteiger partial charge in [-0.3, -0.25) is 0 Å². The van der Waals surface area contributed by atoms with Gasteiger partial charge in [0, 0.05) is 0 Å². The maximum Gasteiger partial charge on any atom is -0.0132 e. The highest BCUT2D eigenvalue weighted by Gasteiger charge is 2.15. The zero-order chi connectivity index (χ0) is 15.1. The Labute approximate surface area is 121 Å². The summed E-state index contributed by atoms with van der Waals surface area (Å²) < 4.78 is 0. The third-order valence-corrected chi connectivity index (χ3v) is 3.50. The highest BCUT2D eigenvalue weighted by atomic mass is 14.2. The van der Waals surface area contributed by atoms with Gasteiger partial charge in [-0.25, -0.2) is 0 Å². The molecule has 1 aromatic carbocycles. The fourth-order valence-electron chi connectivity index (χ4n) is 2.36. The molecule has 0 nitrogen and oxygen atoms in total. The van der Waals surface area contributed by atoms with Crippen molar-refractivity contribution in [3.05, 3.63) is 35.4 Å². The van der Waals surface area contributed by atoms with Crippen molar-refractivity contribution >= 4 is 0 Å². The van der Waals surface area contributed by atoms with Gasteiger partial charge >= 0.3 is 0 Å². The lowest BCUT2D eigenvalue weighted by Gasteiger charge is -2.22. The third kappa shape index (κ3) is 6.27. The second-order valence-electron chi connectivity index (χ2n) is 6.61. The largest absolute Gasteiger partial charge is 0.0683 e. The minimum absolute atomic E-state index is 0.262. The van der Waals surface area contributed by atoms with Crippen molar-refractivity contribution < 1.29 is 0 Å². The maximum absolute atomic E-state index is 2.33. The molecule has 0 aliphatic rings. The highest BCUT2D eigenvalue weighted by molar-refractivity contribution is 5.29. The Morgan fingerprint density at radius 3 is 1.74 bits per heavy atom. The van der Waals surface area contributed by atoms with Crippen LogP contribution in [0.2, 0.25) is 0 Å². The van der Waals surface area contributed by atoms with Crippen LogP contribution in [0.25, 0.3) is 0 Å². The molecule has 1 aromatic rings. The molecule has 0 bridgehead atoms. The van der Waals surface area contributed by atoms with Crippen molar-refractivity contribution in [3.63, 3.8) is 0 Å². The number of hydrogen-bond donors (Lipinski definition) is 0. The maximum atomic E-state index is 2.33. The standard InChI is InChI=1S/C17H28.C2H6/c1-7-14(12-13(2)3)15-8-10-16(11-9-15)17(4,5)6;1-2/h8-11,13-14H,7,12H2,1-6H3;1-2H3. The van der Waals surface area contributed by atoms with Crippen LogP contribution in [0.1, 0.15) is 85.3 Å². The first-order chi connectivity index (χ1) is 8.84. The van der Waals surface area contributed by atoms with E-state index in [9.17, 15) is 0 Å². The second kappa shape index (κ2) is 8.40. The van der Waals surface area contributed by atoms with Gasteiger partial charge in [0.1, 0.15) is 0 Å². The average molecular weight is 262 g/mol. The molecule has 0 heteroatoms. The summed E-state index contributed by atoms with van der Waals surface area (Å²) in [7, 11) is 0. The molecule has 0 spiro atoms. The number of hydrogen-bond acceptors (Lipinski definition) is 0. The first kappa shape index (κ1) is 18.2. The Morgan fingerprint density at radius 2 is 1.42 bits per heavy atom. The topological polar surface area (TPSA) is 0 Å². The zero-order valence-electron chi connectivity index (χ0n) is 14.4. The van der Waals surface area contributed by atoms with Gasteiger partial charge in [-0.1, -0.05) is 79.7 Å². The molecule has 0 aliphatic carbocycles. The van der Waals surface area contributed by atoms with E-state index < -0.39 is 0 Å². The molecule has 0 N–H and O–H groups in total. The molecule has 0 heterocycles. The Morgan fingerprint density at radius 1 is 0.947 bits per heavy atom. The molecule has 0 saturated carbocycles. The molecular formula is C19H34. The van der Waals surface area contributed by atoms with E-state index in [0.29, 0.717) is 0 Å². The molecule has 0 radical (unpaired) electrons. The molecule has 0 aliphatic heterocycles. The summed E-state index contributed by atoms with van der Waals surface area (Å²) in [6.07, 6.45) is 2.54. The lowest BCUT2D eigenvalue weighted by Crippen LogP contribution is -2.11. The summed E-state index contributed by atoms with van der Waals surface area (Å²) in [5, 5.41) is 0. The molecule has 0 aromatic heterocycles. The van der Waals surface area contributed by atoms with E-state index in [1.54, 1.807) is 0 Å². The summed E-state index contributed by atoms with van der Waals surface area (Å²) >= 11 is 0. The lowest BCUT2D eigenvalue weighted by atomic mass is 9.83. The third-order valence-electron chi connectivity index (χ3n) is 3.50. The normalized spacial score (nSPS) is 12.9. The van der Waals surface area contributed by atoms with Gasteiger partial charge in [-0.2, -0.15) is 0 Å². The van der Waals surface area contributed by atoms with Crippen molar-refractivity contribution in [1.29, 1.82) is 0 Å². The van der Waals surface area contributed by atoms with Crippen LogP contribution in [0, 0.1) is 5.92 Å². The molecule has 0 fully saturated rings. The monoisotopic (exact) mass is 262 g/mol. The molecule has 19 heavy (non-hydrogen) atoms. The van der Waals surface area contributed by atoms with E-state index in [-0.39, 0.29) is 5.41 Å². The average Bonchev–Trinajstić information content (AvgIpc) is 2.37. The van der Waals surface area contributed by atoms with Crippen LogP contribution >= 0.6 is 0 Å². The fourth-order valence-corrected chi connectivity index (χ4v) is 2.36. The Balaban J connectivity index is 0.00000154. The molecule has 110 valence electrons.